The van der Waals surface area contributed by atoms with Gasteiger partial charge in [-0.2, -0.15) is 0 Å². The van der Waals surface area contributed by atoms with Gasteiger partial charge >= 0.3 is 0 Å². The van der Waals surface area contributed by atoms with Gasteiger partial charge in [-0.1, -0.05) is 44.2 Å². The molecule has 1 saturated heterocycles. The Morgan fingerprint density at radius 1 is 1.32 bits per heavy atom. The number of hydrogen-bond acceptors (Lipinski definition) is 4. The molecule has 1 aliphatic heterocycles. The van der Waals surface area contributed by atoms with E-state index >= 15 is 0 Å². The van der Waals surface area contributed by atoms with Crippen LogP contribution < -0.4 is 16.4 Å². The molecule has 0 saturated carbocycles. The SMILES string of the molecule is CNC(=O)C(NC(=O)CN1CCC(N)C(C)(C)C1)c1ccccc1.Cl. The number of carbonyl (C=O) groups is 2. The van der Waals surface area contributed by atoms with Crippen molar-refractivity contribution in [1.29, 1.82) is 0 Å². The van der Waals surface area contributed by atoms with Crippen molar-refractivity contribution in [2.75, 3.05) is 26.7 Å². The molecule has 1 heterocycles. The fourth-order valence-electron chi connectivity index (χ4n) is 3.12. The van der Waals surface area contributed by atoms with Gasteiger partial charge in [-0.05, 0) is 17.4 Å². The molecule has 1 aromatic rings. The standard InChI is InChI=1S/C18H28N4O2.ClH/c1-18(2)12-22(10-9-14(18)19)11-15(23)21-16(17(24)20-3)13-7-5-4-6-8-13;/h4-8,14,16H,9-12,19H2,1-3H3,(H,20,24)(H,21,23);1H. The first-order valence-corrected chi connectivity index (χ1v) is 8.37. The van der Waals surface area contributed by atoms with Crippen molar-refractivity contribution in [2.24, 2.45) is 11.1 Å². The lowest BCUT2D eigenvalue weighted by atomic mass is 9.80. The fraction of sp³-hybridized carbons (Fsp3) is 0.556. The number of hydrogen-bond donors (Lipinski definition) is 3. The minimum atomic E-state index is -0.677. The molecule has 25 heavy (non-hydrogen) atoms. The first-order valence-electron chi connectivity index (χ1n) is 8.37. The van der Waals surface area contributed by atoms with Crippen LogP contribution >= 0.6 is 12.4 Å². The Balaban J connectivity index is 0.00000312. The predicted molar refractivity (Wildman–Crippen MR) is 101 cm³/mol. The lowest BCUT2D eigenvalue weighted by Gasteiger charge is -2.42. The van der Waals surface area contributed by atoms with Crippen LogP contribution in [-0.2, 0) is 9.59 Å². The Morgan fingerprint density at radius 2 is 1.96 bits per heavy atom. The third-order valence-electron chi connectivity index (χ3n) is 4.71. The summed E-state index contributed by atoms with van der Waals surface area (Å²) in [5.41, 5.74) is 6.89. The zero-order valence-electron chi connectivity index (χ0n) is 15.1. The van der Waals surface area contributed by atoms with E-state index in [9.17, 15) is 9.59 Å². The summed E-state index contributed by atoms with van der Waals surface area (Å²) in [4.78, 5) is 26.7. The number of carbonyl (C=O) groups excluding carboxylic acids is 2. The van der Waals surface area contributed by atoms with Gasteiger partial charge in [-0.15, -0.1) is 12.4 Å². The van der Waals surface area contributed by atoms with Crippen molar-refractivity contribution >= 4 is 24.2 Å². The Morgan fingerprint density at radius 3 is 2.52 bits per heavy atom. The van der Waals surface area contributed by atoms with E-state index in [4.69, 9.17) is 5.73 Å². The average molecular weight is 369 g/mol. The van der Waals surface area contributed by atoms with Crippen LogP contribution in [0.3, 0.4) is 0 Å². The third kappa shape index (κ3) is 5.70. The van der Waals surface area contributed by atoms with Crippen LogP contribution in [0.15, 0.2) is 30.3 Å². The average Bonchev–Trinajstić information content (AvgIpc) is 2.56. The van der Waals surface area contributed by atoms with Gasteiger partial charge in [0.2, 0.25) is 11.8 Å². The molecule has 6 nitrogen and oxygen atoms in total. The van der Waals surface area contributed by atoms with E-state index in [1.54, 1.807) is 7.05 Å². The molecule has 1 aromatic carbocycles. The molecule has 7 heteroatoms. The summed E-state index contributed by atoms with van der Waals surface area (Å²) in [5.74, 6) is -0.380. The first kappa shape index (κ1) is 21.4. The molecule has 0 bridgehead atoms. The molecular formula is C18H29ClN4O2. The highest BCUT2D eigenvalue weighted by atomic mass is 35.5. The second-order valence-corrected chi connectivity index (χ2v) is 7.12. The summed E-state index contributed by atoms with van der Waals surface area (Å²) in [6.45, 7) is 6.10. The summed E-state index contributed by atoms with van der Waals surface area (Å²) >= 11 is 0. The molecule has 140 valence electrons. The number of nitrogens with one attached hydrogen (secondary N) is 2. The number of rotatable bonds is 5. The summed E-state index contributed by atoms with van der Waals surface area (Å²) < 4.78 is 0. The number of likely N-dealkylation sites (tertiary alicyclic amines) is 1. The maximum atomic E-state index is 12.4. The number of halogens is 1. The summed E-state index contributed by atoms with van der Waals surface area (Å²) in [6, 6.07) is 8.74. The van der Waals surface area contributed by atoms with Crippen LogP contribution in [0.4, 0.5) is 0 Å². The van der Waals surface area contributed by atoms with E-state index in [0.717, 1.165) is 25.1 Å². The Labute approximate surface area is 155 Å². The lowest BCUT2D eigenvalue weighted by molar-refractivity contribution is -0.130. The van der Waals surface area contributed by atoms with E-state index in [2.05, 4.69) is 29.4 Å². The van der Waals surface area contributed by atoms with Crippen molar-refractivity contribution in [3.05, 3.63) is 35.9 Å². The van der Waals surface area contributed by atoms with Gasteiger partial charge in [0, 0.05) is 26.2 Å². The number of likely N-dealkylation sites (N-methyl/N-ethyl adjacent to an activating group) is 1. The molecule has 1 aliphatic rings. The van der Waals surface area contributed by atoms with E-state index in [1.165, 1.54) is 0 Å². The minimum Gasteiger partial charge on any atom is -0.357 e. The molecule has 2 rings (SSSR count). The maximum absolute atomic E-state index is 12.4. The minimum absolute atomic E-state index is 0. The van der Waals surface area contributed by atoms with Gasteiger partial charge in [0.1, 0.15) is 6.04 Å². The normalized spacial score (nSPS) is 20.9. The largest absolute Gasteiger partial charge is 0.357 e. The highest BCUT2D eigenvalue weighted by Crippen LogP contribution is 2.27. The Bertz CT molecular complexity index is 580. The van der Waals surface area contributed by atoms with Crippen LogP contribution in [0.25, 0.3) is 0 Å². The van der Waals surface area contributed by atoms with Crippen molar-refractivity contribution in [3.8, 4) is 0 Å². The van der Waals surface area contributed by atoms with Gasteiger partial charge in [0.15, 0.2) is 0 Å². The highest BCUT2D eigenvalue weighted by Gasteiger charge is 2.34. The second-order valence-electron chi connectivity index (χ2n) is 7.12. The topological polar surface area (TPSA) is 87.5 Å². The molecule has 0 aliphatic carbocycles. The lowest BCUT2D eigenvalue weighted by Crippen LogP contribution is -2.54. The number of piperidine rings is 1. The first-order chi connectivity index (χ1) is 11.3. The number of benzene rings is 1. The summed E-state index contributed by atoms with van der Waals surface area (Å²) in [5, 5.41) is 5.45. The van der Waals surface area contributed by atoms with Gasteiger partial charge in [-0.25, -0.2) is 0 Å². The third-order valence-corrected chi connectivity index (χ3v) is 4.71. The van der Waals surface area contributed by atoms with Crippen molar-refractivity contribution in [1.82, 2.24) is 15.5 Å². The van der Waals surface area contributed by atoms with Gasteiger partial charge < -0.3 is 16.4 Å². The zero-order valence-corrected chi connectivity index (χ0v) is 15.9. The molecular weight excluding hydrogens is 340 g/mol. The zero-order chi connectivity index (χ0) is 17.7. The van der Waals surface area contributed by atoms with Crippen molar-refractivity contribution in [2.45, 2.75) is 32.4 Å². The highest BCUT2D eigenvalue weighted by molar-refractivity contribution is 5.89. The molecule has 0 spiro atoms. The van der Waals surface area contributed by atoms with Crippen LogP contribution in [0.5, 0.6) is 0 Å². The van der Waals surface area contributed by atoms with Crippen LogP contribution in [0.2, 0.25) is 0 Å². The van der Waals surface area contributed by atoms with E-state index in [0.29, 0.717) is 0 Å². The summed E-state index contributed by atoms with van der Waals surface area (Å²) in [6.07, 6.45) is 0.873. The monoisotopic (exact) mass is 368 g/mol. The Hall–Kier alpha value is -1.63. The molecule has 0 aromatic heterocycles. The summed E-state index contributed by atoms with van der Waals surface area (Å²) in [7, 11) is 1.57. The predicted octanol–water partition coefficient (Wildman–Crippen LogP) is 1.07. The van der Waals surface area contributed by atoms with E-state index in [-0.39, 0.29) is 42.2 Å². The molecule has 2 atom stereocenters. The smallest absolute Gasteiger partial charge is 0.246 e. The number of nitrogens with zero attached hydrogens (tertiary/aromatic N) is 1. The molecule has 2 unspecified atom stereocenters. The molecule has 2 amide bonds. The maximum Gasteiger partial charge on any atom is 0.246 e. The second kappa shape index (κ2) is 9.17. The van der Waals surface area contributed by atoms with Crippen molar-refractivity contribution < 1.29 is 9.59 Å². The van der Waals surface area contributed by atoms with Gasteiger partial charge in [0.25, 0.3) is 0 Å². The fourth-order valence-corrected chi connectivity index (χ4v) is 3.12. The number of nitrogens with two attached hydrogens (primary N) is 1. The van der Waals surface area contributed by atoms with E-state index < -0.39 is 6.04 Å². The van der Waals surface area contributed by atoms with Crippen LogP contribution in [0.1, 0.15) is 31.9 Å². The molecule has 1 fully saturated rings. The van der Waals surface area contributed by atoms with Crippen LogP contribution in [0, 0.1) is 5.41 Å². The van der Waals surface area contributed by atoms with Gasteiger partial charge in [-0.3, -0.25) is 14.5 Å². The number of amides is 2. The molecule has 0 radical (unpaired) electrons. The van der Waals surface area contributed by atoms with Crippen molar-refractivity contribution in [3.63, 3.8) is 0 Å². The molecule has 4 N–H and O–H groups in total. The Kier molecular flexibility index (Phi) is 7.86. The van der Waals surface area contributed by atoms with Gasteiger partial charge in [0.05, 0.1) is 6.54 Å². The van der Waals surface area contributed by atoms with E-state index in [1.807, 2.05) is 30.3 Å². The van der Waals surface area contributed by atoms with Crippen LogP contribution in [-0.4, -0.2) is 49.4 Å². The quantitative estimate of drug-likeness (QED) is 0.725.